The fourth-order valence-electron chi connectivity index (χ4n) is 2.73. The van der Waals surface area contributed by atoms with E-state index in [9.17, 15) is 24.9 Å². The Morgan fingerprint density at radius 2 is 1.85 bits per heavy atom. The van der Waals surface area contributed by atoms with Crippen LogP contribution in [0, 0.1) is 0 Å². The normalized spacial score (nSPS) is 23.4. The van der Waals surface area contributed by atoms with Crippen molar-refractivity contribution < 1.29 is 39.5 Å². The molecule has 9 nitrogen and oxygen atoms in total. The van der Waals surface area contributed by atoms with Crippen molar-refractivity contribution >= 4 is 11.9 Å². The summed E-state index contributed by atoms with van der Waals surface area (Å²) >= 11 is 0. The van der Waals surface area contributed by atoms with E-state index in [2.05, 4.69) is 0 Å². The number of aliphatic hydroxyl groups excluding tert-OH is 4. The molecule has 0 unspecified atom stereocenters. The third-order valence-corrected chi connectivity index (χ3v) is 4.11. The Hall–Kier alpha value is -2.04. The maximum absolute atomic E-state index is 11.9. The zero-order valence-corrected chi connectivity index (χ0v) is 14.5. The SMILES string of the molecule is CC(=O)Oc1ccc([C@H]2O[C@H]([C@@H](O)[C@H](O)[C@H](O)CO)CN2C(C)=O)cc1. The highest BCUT2D eigenvalue weighted by atomic mass is 16.5. The van der Waals surface area contributed by atoms with E-state index in [1.54, 1.807) is 24.3 Å². The summed E-state index contributed by atoms with van der Waals surface area (Å²) in [6.45, 7) is 1.91. The predicted octanol–water partition coefficient (Wildman–Crippen LogP) is -1.07. The average molecular weight is 369 g/mol. The Balaban J connectivity index is 2.16. The lowest BCUT2D eigenvalue weighted by molar-refractivity contribution is -0.139. The van der Waals surface area contributed by atoms with Crippen molar-refractivity contribution in [2.24, 2.45) is 0 Å². The van der Waals surface area contributed by atoms with Crippen LogP contribution in [0.4, 0.5) is 0 Å². The summed E-state index contributed by atoms with van der Waals surface area (Å²) in [5, 5.41) is 38.4. The lowest BCUT2D eigenvalue weighted by atomic mass is 10.0. The molecule has 4 N–H and O–H groups in total. The number of hydrogen-bond acceptors (Lipinski definition) is 8. The van der Waals surface area contributed by atoms with Crippen LogP contribution >= 0.6 is 0 Å². The second kappa shape index (κ2) is 8.56. The molecule has 26 heavy (non-hydrogen) atoms. The average Bonchev–Trinajstić information content (AvgIpc) is 3.05. The first-order valence-electron chi connectivity index (χ1n) is 8.10. The molecule has 0 radical (unpaired) electrons. The first-order chi connectivity index (χ1) is 12.2. The summed E-state index contributed by atoms with van der Waals surface area (Å²) in [6, 6.07) is 6.33. The molecule has 0 saturated carbocycles. The van der Waals surface area contributed by atoms with Gasteiger partial charge in [-0.15, -0.1) is 0 Å². The number of aliphatic hydroxyl groups is 4. The first-order valence-corrected chi connectivity index (χ1v) is 8.10. The third-order valence-electron chi connectivity index (χ3n) is 4.11. The van der Waals surface area contributed by atoms with E-state index in [0.717, 1.165) is 0 Å². The molecule has 1 aliphatic heterocycles. The van der Waals surface area contributed by atoms with Crippen molar-refractivity contribution in [3.63, 3.8) is 0 Å². The molecule has 1 aromatic carbocycles. The topological polar surface area (TPSA) is 137 Å². The van der Waals surface area contributed by atoms with Crippen molar-refractivity contribution in [2.45, 2.75) is 44.5 Å². The number of carbonyl (C=O) groups excluding carboxylic acids is 2. The van der Waals surface area contributed by atoms with E-state index < -0.39 is 43.2 Å². The van der Waals surface area contributed by atoms with Crippen molar-refractivity contribution in [2.75, 3.05) is 13.2 Å². The molecule has 1 amide bonds. The Morgan fingerprint density at radius 1 is 1.23 bits per heavy atom. The maximum Gasteiger partial charge on any atom is 0.308 e. The molecule has 1 aromatic rings. The minimum atomic E-state index is -1.62. The summed E-state index contributed by atoms with van der Waals surface area (Å²) < 4.78 is 10.7. The highest BCUT2D eigenvalue weighted by Gasteiger charge is 2.42. The van der Waals surface area contributed by atoms with Crippen molar-refractivity contribution in [1.29, 1.82) is 0 Å². The number of carbonyl (C=O) groups is 2. The van der Waals surface area contributed by atoms with E-state index in [1.807, 2.05) is 0 Å². The van der Waals surface area contributed by atoms with Crippen LogP contribution in [0.25, 0.3) is 0 Å². The molecule has 1 saturated heterocycles. The number of esters is 1. The van der Waals surface area contributed by atoms with Crippen LogP contribution in [0.15, 0.2) is 24.3 Å². The van der Waals surface area contributed by atoms with Gasteiger partial charge >= 0.3 is 5.97 Å². The summed E-state index contributed by atoms with van der Waals surface area (Å²) in [5.74, 6) is -0.419. The lowest BCUT2D eigenvalue weighted by Crippen LogP contribution is -2.47. The second-order valence-corrected chi connectivity index (χ2v) is 6.09. The summed E-state index contributed by atoms with van der Waals surface area (Å²) in [6.07, 6.45) is -6.40. The highest BCUT2D eigenvalue weighted by molar-refractivity contribution is 5.74. The Kier molecular flexibility index (Phi) is 6.68. The Morgan fingerprint density at radius 3 is 2.35 bits per heavy atom. The zero-order chi connectivity index (χ0) is 19.4. The van der Waals surface area contributed by atoms with E-state index in [-0.39, 0.29) is 12.5 Å². The molecule has 1 fully saturated rings. The molecule has 0 aromatic heterocycles. The molecular formula is C17H23NO8. The van der Waals surface area contributed by atoms with Gasteiger partial charge in [-0.1, -0.05) is 12.1 Å². The zero-order valence-electron chi connectivity index (χ0n) is 14.5. The minimum absolute atomic E-state index is 0.00206. The van der Waals surface area contributed by atoms with E-state index in [4.69, 9.17) is 14.6 Å². The maximum atomic E-state index is 11.9. The van der Waals surface area contributed by atoms with Gasteiger partial charge in [0.05, 0.1) is 13.2 Å². The fraction of sp³-hybridized carbons (Fsp3) is 0.529. The number of benzene rings is 1. The van der Waals surface area contributed by atoms with Gasteiger partial charge in [-0.3, -0.25) is 9.59 Å². The number of rotatable bonds is 6. The smallest absolute Gasteiger partial charge is 0.308 e. The van der Waals surface area contributed by atoms with Crippen LogP contribution in [-0.4, -0.2) is 74.8 Å². The Bertz CT molecular complexity index is 634. The number of nitrogens with zero attached hydrogens (tertiary/aromatic N) is 1. The van der Waals surface area contributed by atoms with Crippen LogP contribution in [-0.2, 0) is 14.3 Å². The van der Waals surface area contributed by atoms with Gasteiger partial charge in [-0.25, -0.2) is 0 Å². The quantitative estimate of drug-likeness (QED) is 0.368. The highest BCUT2D eigenvalue weighted by Crippen LogP contribution is 2.33. The van der Waals surface area contributed by atoms with Crippen LogP contribution in [0.2, 0.25) is 0 Å². The van der Waals surface area contributed by atoms with Gasteiger partial charge in [0.2, 0.25) is 5.91 Å². The summed E-state index contributed by atoms with van der Waals surface area (Å²) in [4.78, 5) is 24.2. The van der Waals surface area contributed by atoms with Gasteiger partial charge in [0.25, 0.3) is 0 Å². The molecule has 0 aliphatic carbocycles. The molecule has 0 spiro atoms. The van der Waals surface area contributed by atoms with E-state index >= 15 is 0 Å². The molecule has 1 aliphatic rings. The molecule has 5 atom stereocenters. The van der Waals surface area contributed by atoms with Crippen molar-refractivity contribution in [1.82, 2.24) is 4.90 Å². The molecule has 0 bridgehead atoms. The fourth-order valence-corrected chi connectivity index (χ4v) is 2.73. The van der Waals surface area contributed by atoms with Crippen molar-refractivity contribution in [3.05, 3.63) is 29.8 Å². The standard InChI is InChI=1S/C17H23NO8/c1-9(20)18-7-14(16(24)15(23)13(22)8-19)26-17(18)11-3-5-12(6-4-11)25-10(2)21/h3-6,13-17,19,22-24H,7-8H2,1-2H3/t13-,14+,15-,16-,17-/m1/s1. The summed E-state index contributed by atoms with van der Waals surface area (Å²) in [5.41, 5.74) is 0.586. The van der Waals surface area contributed by atoms with Gasteiger partial charge < -0.3 is 34.8 Å². The summed E-state index contributed by atoms with van der Waals surface area (Å²) in [7, 11) is 0. The monoisotopic (exact) mass is 369 g/mol. The van der Waals surface area contributed by atoms with Crippen LogP contribution in [0.1, 0.15) is 25.6 Å². The van der Waals surface area contributed by atoms with Crippen LogP contribution in [0.5, 0.6) is 5.75 Å². The van der Waals surface area contributed by atoms with Crippen LogP contribution in [0.3, 0.4) is 0 Å². The lowest BCUT2D eigenvalue weighted by Gasteiger charge is -2.25. The van der Waals surface area contributed by atoms with Crippen molar-refractivity contribution in [3.8, 4) is 5.75 Å². The van der Waals surface area contributed by atoms with Gasteiger partial charge in [0.15, 0.2) is 6.23 Å². The van der Waals surface area contributed by atoms with Gasteiger partial charge in [0.1, 0.15) is 30.2 Å². The largest absolute Gasteiger partial charge is 0.427 e. The molecule has 144 valence electrons. The minimum Gasteiger partial charge on any atom is -0.427 e. The van der Waals surface area contributed by atoms with Gasteiger partial charge in [-0.2, -0.15) is 0 Å². The van der Waals surface area contributed by atoms with E-state index in [0.29, 0.717) is 11.3 Å². The molecule has 2 rings (SSSR count). The van der Waals surface area contributed by atoms with Gasteiger partial charge in [0, 0.05) is 19.4 Å². The Labute approximate surface area is 150 Å². The van der Waals surface area contributed by atoms with E-state index in [1.165, 1.54) is 18.7 Å². The number of hydrogen-bond donors (Lipinski definition) is 4. The molecule has 1 heterocycles. The van der Waals surface area contributed by atoms with Crippen LogP contribution < -0.4 is 4.74 Å². The molecule has 9 heteroatoms. The number of ether oxygens (including phenoxy) is 2. The third kappa shape index (κ3) is 4.57. The number of amides is 1. The second-order valence-electron chi connectivity index (χ2n) is 6.09. The first kappa shape index (κ1) is 20.3. The molecular weight excluding hydrogens is 346 g/mol. The predicted molar refractivity (Wildman–Crippen MR) is 87.9 cm³/mol. The van der Waals surface area contributed by atoms with Gasteiger partial charge in [-0.05, 0) is 12.1 Å².